The van der Waals surface area contributed by atoms with Crippen LogP contribution in [0, 0.1) is 5.92 Å². The van der Waals surface area contributed by atoms with Crippen LogP contribution in [-0.2, 0) is 4.74 Å². The third-order valence-corrected chi connectivity index (χ3v) is 3.56. The zero-order valence-corrected chi connectivity index (χ0v) is 9.52. The van der Waals surface area contributed by atoms with Crippen molar-refractivity contribution in [1.29, 1.82) is 0 Å². The Kier molecular flexibility index (Phi) is 5.33. The third-order valence-electron chi connectivity index (χ3n) is 2.70. The second kappa shape index (κ2) is 6.30. The Hall–Kier alpha value is -0.220. The fraction of sp³-hybridized carbons (Fsp3) is 0.900. The maximum atomic E-state index is 10.9. The first-order valence-electron chi connectivity index (χ1n) is 5.22. The summed E-state index contributed by atoms with van der Waals surface area (Å²) in [6.07, 6.45) is 7.49. The molecule has 0 amide bonds. The number of hydrogen-bond donors (Lipinski definition) is 1. The third kappa shape index (κ3) is 4.33. The molecule has 1 atom stereocenters. The smallest absolute Gasteiger partial charge is 0.368 e. The summed E-state index contributed by atoms with van der Waals surface area (Å²) >= 11 is 1.11. The molecule has 2 N–H and O–H groups in total. The van der Waals surface area contributed by atoms with Crippen LogP contribution in [-0.4, -0.2) is 17.8 Å². The Bertz CT molecular complexity index is 181. The van der Waals surface area contributed by atoms with Crippen molar-refractivity contribution in [3.63, 3.8) is 0 Å². The van der Waals surface area contributed by atoms with Crippen molar-refractivity contribution in [3.8, 4) is 0 Å². The minimum absolute atomic E-state index is 0.0921. The van der Waals surface area contributed by atoms with Gasteiger partial charge in [0.2, 0.25) is 0 Å². The van der Waals surface area contributed by atoms with E-state index in [1.54, 1.807) is 0 Å². The van der Waals surface area contributed by atoms with Crippen molar-refractivity contribution >= 4 is 17.1 Å². The Morgan fingerprint density at radius 1 is 1.50 bits per heavy atom. The molecule has 4 heteroatoms. The number of carbonyl (C=O) groups excluding carboxylic acids is 1. The SMILES string of the molecule is COC(=O)S[C@@H](N)CC1CCCCC1. The molecule has 0 spiro atoms. The molecule has 0 aromatic carbocycles. The van der Waals surface area contributed by atoms with E-state index in [1.807, 2.05) is 0 Å². The van der Waals surface area contributed by atoms with Gasteiger partial charge < -0.3 is 10.5 Å². The molecule has 0 saturated heterocycles. The van der Waals surface area contributed by atoms with Gasteiger partial charge in [0.15, 0.2) is 0 Å². The van der Waals surface area contributed by atoms with Crippen molar-refractivity contribution in [2.45, 2.75) is 43.9 Å². The van der Waals surface area contributed by atoms with E-state index in [-0.39, 0.29) is 10.7 Å². The van der Waals surface area contributed by atoms with Crippen LogP contribution in [0.4, 0.5) is 4.79 Å². The van der Waals surface area contributed by atoms with Gasteiger partial charge in [0.25, 0.3) is 0 Å². The van der Waals surface area contributed by atoms with Gasteiger partial charge in [-0.15, -0.1) is 0 Å². The molecule has 1 aliphatic carbocycles. The first kappa shape index (κ1) is 11.9. The summed E-state index contributed by atoms with van der Waals surface area (Å²) in [6.45, 7) is 0. The number of ether oxygens (including phenoxy) is 1. The van der Waals surface area contributed by atoms with Gasteiger partial charge in [-0.25, -0.2) is 4.79 Å². The molecule has 0 aromatic rings. The van der Waals surface area contributed by atoms with Gasteiger partial charge in [-0.3, -0.25) is 0 Å². The summed E-state index contributed by atoms with van der Waals surface area (Å²) in [5.41, 5.74) is 5.84. The Balaban J connectivity index is 2.18. The Morgan fingerprint density at radius 3 is 2.71 bits per heavy atom. The quantitative estimate of drug-likeness (QED) is 0.583. The van der Waals surface area contributed by atoms with E-state index in [1.165, 1.54) is 39.2 Å². The topological polar surface area (TPSA) is 52.3 Å². The maximum absolute atomic E-state index is 10.9. The van der Waals surface area contributed by atoms with Crippen LogP contribution >= 0.6 is 11.8 Å². The van der Waals surface area contributed by atoms with Gasteiger partial charge in [0, 0.05) is 0 Å². The van der Waals surface area contributed by atoms with E-state index in [0.717, 1.165) is 24.1 Å². The van der Waals surface area contributed by atoms with Crippen LogP contribution in [0.2, 0.25) is 0 Å². The highest BCUT2D eigenvalue weighted by molar-refractivity contribution is 8.13. The van der Waals surface area contributed by atoms with E-state index in [4.69, 9.17) is 5.73 Å². The highest BCUT2D eigenvalue weighted by Crippen LogP contribution is 2.29. The lowest BCUT2D eigenvalue weighted by Gasteiger charge is -2.23. The average Bonchev–Trinajstić information content (AvgIpc) is 2.19. The summed E-state index contributed by atoms with van der Waals surface area (Å²) in [4.78, 5) is 10.9. The normalized spacial score (nSPS) is 20.4. The molecule has 1 rings (SSSR count). The molecule has 0 heterocycles. The molecule has 1 saturated carbocycles. The first-order valence-corrected chi connectivity index (χ1v) is 6.10. The van der Waals surface area contributed by atoms with Gasteiger partial charge in [0.1, 0.15) is 0 Å². The monoisotopic (exact) mass is 217 g/mol. The zero-order chi connectivity index (χ0) is 10.4. The summed E-state index contributed by atoms with van der Waals surface area (Å²) in [5, 5.41) is -0.362. The Morgan fingerprint density at radius 2 is 2.14 bits per heavy atom. The fourth-order valence-electron chi connectivity index (χ4n) is 1.97. The fourth-order valence-corrected chi connectivity index (χ4v) is 2.68. The zero-order valence-electron chi connectivity index (χ0n) is 8.70. The molecule has 3 nitrogen and oxygen atoms in total. The van der Waals surface area contributed by atoms with Crippen LogP contribution in [0.1, 0.15) is 38.5 Å². The van der Waals surface area contributed by atoms with E-state index in [2.05, 4.69) is 4.74 Å². The molecule has 14 heavy (non-hydrogen) atoms. The highest BCUT2D eigenvalue weighted by Gasteiger charge is 2.19. The van der Waals surface area contributed by atoms with E-state index < -0.39 is 0 Å². The van der Waals surface area contributed by atoms with E-state index in [0.29, 0.717) is 0 Å². The van der Waals surface area contributed by atoms with Gasteiger partial charge in [-0.2, -0.15) is 0 Å². The minimum atomic E-state index is -0.270. The van der Waals surface area contributed by atoms with Crippen molar-refractivity contribution in [2.24, 2.45) is 11.7 Å². The number of thioether (sulfide) groups is 1. The largest absolute Gasteiger partial charge is 0.461 e. The lowest BCUT2D eigenvalue weighted by molar-refractivity contribution is 0.200. The molecule has 0 bridgehead atoms. The van der Waals surface area contributed by atoms with Gasteiger partial charge >= 0.3 is 5.30 Å². The molecule has 0 unspecified atom stereocenters. The van der Waals surface area contributed by atoms with Crippen LogP contribution in [0.3, 0.4) is 0 Å². The summed E-state index contributed by atoms with van der Waals surface area (Å²) in [6, 6.07) is 0. The average molecular weight is 217 g/mol. The highest BCUT2D eigenvalue weighted by atomic mass is 32.2. The summed E-state index contributed by atoms with van der Waals surface area (Å²) < 4.78 is 4.55. The predicted octanol–water partition coefficient (Wildman–Crippen LogP) is 2.74. The summed E-state index contributed by atoms with van der Waals surface area (Å²) in [5.74, 6) is 0.718. The molecule has 82 valence electrons. The lowest BCUT2D eigenvalue weighted by Crippen LogP contribution is -2.23. The van der Waals surface area contributed by atoms with Crippen molar-refractivity contribution < 1.29 is 9.53 Å². The molecule has 1 aliphatic rings. The number of methoxy groups -OCH3 is 1. The van der Waals surface area contributed by atoms with Crippen molar-refractivity contribution in [2.75, 3.05) is 7.11 Å². The van der Waals surface area contributed by atoms with Crippen molar-refractivity contribution in [1.82, 2.24) is 0 Å². The predicted molar refractivity (Wildman–Crippen MR) is 59.2 cm³/mol. The second-order valence-electron chi connectivity index (χ2n) is 3.85. The molecule has 1 fully saturated rings. The van der Waals surface area contributed by atoms with E-state index >= 15 is 0 Å². The van der Waals surface area contributed by atoms with Crippen molar-refractivity contribution in [3.05, 3.63) is 0 Å². The molecular weight excluding hydrogens is 198 g/mol. The molecule has 0 aromatic heterocycles. The lowest BCUT2D eigenvalue weighted by atomic mass is 9.87. The van der Waals surface area contributed by atoms with Gasteiger partial charge in [-0.1, -0.05) is 32.1 Å². The van der Waals surface area contributed by atoms with Gasteiger partial charge in [-0.05, 0) is 24.1 Å². The molecular formula is C10H19NO2S. The number of nitrogens with two attached hydrogens (primary N) is 1. The molecule has 0 aliphatic heterocycles. The molecule has 0 radical (unpaired) electrons. The number of hydrogen-bond acceptors (Lipinski definition) is 4. The summed E-state index contributed by atoms with van der Waals surface area (Å²) in [7, 11) is 1.39. The minimum Gasteiger partial charge on any atom is -0.461 e. The van der Waals surface area contributed by atoms with Crippen LogP contribution in [0.15, 0.2) is 0 Å². The number of rotatable bonds is 3. The Labute approximate surface area is 89.8 Å². The van der Waals surface area contributed by atoms with E-state index in [9.17, 15) is 4.79 Å². The standard InChI is InChI=1S/C10H19NO2S/c1-13-10(12)14-9(11)7-8-5-3-2-4-6-8/h8-9H,2-7,11H2,1H3/t9-/m1/s1. The maximum Gasteiger partial charge on any atom is 0.368 e. The first-order chi connectivity index (χ1) is 6.72. The van der Waals surface area contributed by atoms with Gasteiger partial charge in [0.05, 0.1) is 12.5 Å². The van der Waals surface area contributed by atoms with Crippen LogP contribution < -0.4 is 5.73 Å². The second-order valence-corrected chi connectivity index (χ2v) is 5.02. The number of carbonyl (C=O) groups is 1. The van der Waals surface area contributed by atoms with Crippen LogP contribution in [0.5, 0.6) is 0 Å². The van der Waals surface area contributed by atoms with Crippen LogP contribution in [0.25, 0.3) is 0 Å².